The average Bonchev–Trinajstić information content (AvgIpc) is 3.81. The minimum atomic E-state index is -0.637. The normalized spacial score (nSPS) is 15.2. The predicted molar refractivity (Wildman–Crippen MR) is 190 cm³/mol. The number of hydrogen-bond acceptors (Lipinski definition) is 10. The van der Waals surface area contributed by atoms with Gasteiger partial charge in [-0.15, -0.1) is 0 Å². The Morgan fingerprint density at radius 3 is 2.31 bits per heavy atom. The number of halogens is 4. The molecule has 2 saturated heterocycles. The molecule has 7 rings (SSSR count). The molecule has 2 aliphatic rings. The lowest BCUT2D eigenvalue weighted by atomic mass is 10.1. The van der Waals surface area contributed by atoms with Gasteiger partial charge in [-0.1, -0.05) is 29.5 Å². The maximum Gasteiger partial charge on any atom is 0.227 e. The van der Waals surface area contributed by atoms with Gasteiger partial charge < -0.3 is 19.8 Å². The summed E-state index contributed by atoms with van der Waals surface area (Å²) in [4.78, 5) is 21.3. The molecule has 5 aromatic rings. The van der Waals surface area contributed by atoms with Crippen molar-refractivity contribution in [1.29, 1.82) is 0 Å². The fourth-order valence-electron chi connectivity index (χ4n) is 5.99. The van der Waals surface area contributed by atoms with Gasteiger partial charge in [-0.3, -0.25) is 4.90 Å². The quantitative estimate of drug-likeness (QED) is 0.104. The Morgan fingerprint density at radius 1 is 0.776 bits per heavy atom. The van der Waals surface area contributed by atoms with E-state index in [9.17, 15) is 13.2 Å². The van der Waals surface area contributed by atoms with Gasteiger partial charge in [-0.05, 0) is 73.3 Å². The van der Waals surface area contributed by atoms with Crippen LogP contribution in [0.1, 0.15) is 12.8 Å². The number of aromatic nitrogens is 3. The van der Waals surface area contributed by atoms with Crippen LogP contribution in [-0.4, -0.2) is 72.3 Å². The van der Waals surface area contributed by atoms with E-state index in [4.69, 9.17) is 9.97 Å². The molecule has 0 bridgehead atoms. The third-order valence-electron chi connectivity index (χ3n) is 8.52. The fraction of sp³-hybridized carbons (Fsp3) is 0.286. The number of hydrogen-bond donors (Lipinski definition) is 2. The first-order valence-electron chi connectivity index (χ1n) is 16.1. The minimum absolute atomic E-state index is 0.109. The second-order valence-electron chi connectivity index (χ2n) is 11.8. The van der Waals surface area contributed by atoms with Crippen molar-refractivity contribution in [1.82, 2.24) is 19.9 Å². The van der Waals surface area contributed by atoms with E-state index in [2.05, 4.69) is 19.9 Å². The molecule has 0 atom stereocenters. The molecule has 254 valence electrons. The molecule has 0 spiro atoms. The molecular weight excluding hydrogens is 673 g/mol. The number of thiazole rings is 1. The summed E-state index contributed by atoms with van der Waals surface area (Å²) in [7, 11) is 0. The van der Waals surface area contributed by atoms with E-state index < -0.39 is 11.6 Å². The Hall–Kier alpha value is -4.40. The molecule has 0 amide bonds. The summed E-state index contributed by atoms with van der Waals surface area (Å²) in [5, 5.41) is 4.04. The highest BCUT2D eigenvalue weighted by atomic mass is 32.2. The molecule has 0 saturated carbocycles. The Labute approximate surface area is 290 Å². The number of rotatable bonds is 11. The van der Waals surface area contributed by atoms with E-state index in [1.54, 1.807) is 29.7 Å². The zero-order chi connectivity index (χ0) is 33.7. The zero-order valence-corrected chi connectivity index (χ0v) is 28.1. The lowest BCUT2D eigenvalue weighted by Crippen LogP contribution is -2.47. The molecule has 49 heavy (non-hydrogen) atoms. The lowest BCUT2D eigenvalue weighted by molar-refractivity contribution is 0.235. The van der Waals surface area contributed by atoms with E-state index in [0.29, 0.717) is 61.4 Å². The Bertz CT molecular complexity index is 1890. The molecule has 2 aromatic heterocycles. The summed E-state index contributed by atoms with van der Waals surface area (Å²) in [6.45, 7) is 4.51. The molecule has 14 heteroatoms. The van der Waals surface area contributed by atoms with Crippen molar-refractivity contribution in [3.8, 4) is 21.8 Å². The van der Waals surface area contributed by atoms with Crippen LogP contribution >= 0.6 is 23.3 Å². The summed E-state index contributed by atoms with van der Waals surface area (Å²) in [6, 6.07) is 18.1. The smallest absolute Gasteiger partial charge is 0.227 e. The van der Waals surface area contributed by atoms with Gasteiger partial charge in [0, 0.05) is 68.9 Å². The van der Waals surface area contributed by atoms with Gasteiger partial charge in [0.25, 0.3) is 0 Å². The van der Waals surface area contributed by atoms with Crippen LogP contribution in [0.2, 0.25) is 0 Å². The van der Waals surface area contributed by atoms with Crippen molar-refractivity contribution >= 4 is 51.4 Å². The first-order chi connectivity index (χ1) is 23.9. The Morgan fingerprint density at radius 2 is 1.55 bits per heavy atom. The summed E-state index contributed by atoms with van der Waals surface area (Å²) in [5.41, 5.74) is 3.87. The van der Waals surface area contributed by atoms with Gasteiger partial charge in [0.15, 0.2) is 5.13 Å². The maximum atomic E-state index is 15.3. The molecule has 2 fully saturated rings. The molecule has 8 nitrogen and oxygen atoms in total. The maximum absolute atomic E-state index is 15.3. The summed E-state index contributed by atoms with van der Waals surface area (Å²) in [5.74, 6) is -1.32. The topological polar surface area (TPSA) is 72.5 Å². The van der Waals surface area contributed by atoms with Crippen molar-refractivity contribution in [2.45, 2.75) is 17.7 Å². The number of anilines is 5. The van der Waals surface area contributed by atoms with Crippen LogP contribution in [0.25, 0.3) is 21.8 Å². The number of nitrogens with one attached hydrogen (secondary N) is 2. The standard InChI is InChI=1S/C35H34F4N8S2/c36-12-16-45-17-19-46(20-18-45)30-10-9-24(22-28(30)39)41-34-40-13-11-29(42-34)33-31(43-35(48-33)47-14-1-2-15-47)23-5-3-6-25(21-23)44-49-32-26(37)7-4-8-27(32)38/h3-11,13,21-22,44H,1-2,12,14-20H2,(H,40,41,42). The lowest BCUT2D eigenvalue weighted by Gasteiger charge is -2.35. The highest BCUT2D eigenvalue weighted by Gasteiger charge is 2.23. The van der Waals surface area contributed by atoms with Crippen LogP contribution < -0.4 is 19.8 Å². The summed E-state index contributed by atoms with van der Waals surface area (Å²) in [6.07, 6.45) is 3.85. The van der Waals surface area contributed by atoms with Crippen LogP contribution in [0.4, 0.5) is 45.7 Å². The third-order valence-corrected chi connectivity index (χ3v) is 10.6. The van der Waals surface area contributed by atoms with Gasteiger partial charge >= 0.3 is 0 Å². The van der Waals surface area contributed by atoms with E-state index in [1.807, 2.05) is 40.1 Å². The molecule has 3 aromatic carbocycles. The van der Waals surface area contributed by atoms with Crippen molar-refractivity contribution in [2.24, 2.45) is 0 Å². The number of piperazine rings is 1. The Balaban J connectivity index is 1.13. The van der Waals surface area contributed by atoms with Crippen molar-refractivity contribution < 1.29 is 17.6 Å². The number of benzene rings is 3. The Kier molecular flexibility index (Phi) is 10.1. The fourth-order valence-corrected chi connectivity index (χ4v) is 7.78. The molecule has 0 unspecified atom stereocenters. The van der Waals surface area contributed by atoms with Crippen LogP contribution in [0.3, 0.4) is 0 Å². The van der Waals surface area contributed by atoms with Crippen molar-refractivity contribution in [3.63, 3.8) is 0 Å². The summed E-state index contributed by atoms with van der Waals surface area (Å²) >= 11 is 2.42. The number of nitrogens with zero attached hydrogens (tertiary/aromatic N) is 6. The zero-order valence-electron chi connectivity index (χ0n) is 26.5. The van der Waals surface area contributed by atoms with Gasteiger partial charge in [0.05, 0.1) is 26.8 Å². The highest BCUT2D eigenvalue weighted by molar-refractivity contribution is 8.00. The van der Waals surface area contributed by atoms with Crippen LogP contribution in [0.5, 0.6) is 0 Å². The molecule has 0 radical (unpaired) electrons. The van der Waals surface area contributed by atoms with Crippen LogP contribution in [0.15, 0.2) is 77.8 Å². The van der Waals surface area contributed by atoms with E-state index in [1.165, 1.54) is 24.3 Å². The molecular formula is C35H34F4N8S2. The third kappa shape index (κ3) is 7.61. The molecule has 2 aliphatic heterocycles. The molecule has 2 N–H and O–H groups in total. The van der Waals surface area contributed by atoms with E-state index in [0.717, 1.165) is 59.1 Å². The second kappa shape index (κ2) is 15.0. The van der Waals surface area contributed by atoms with E-state index in [-0.39, 0.29) is 17.4 Å². The first kappa shape index (κ1) is 33.1. The summed E-state index contributed by atoms with van der Waals surface area (Å²) < 4.78 is 59.6. The SMILES string of the molecule is FCCN1CCN(c2ccc(Nc3nccc(-c4sc(N5CCCC5)nc4-c4cccc(NSc5c(F)cccc5F)c4)n3)cc2F)CC1. The van der Waals surface area contributed by atoms with Crippen LogP contribution in [-0.2, 0) is 0 Å². The largest absolute Gasteiger partial charge is 0.367 e. The van der Waals surface area contributed by atoms with Crippen molar-refractivity contribution in [2.75, 3.05) is 72.3 Å². The second-order valence-corrected chi connectivity index (χ2v) is 13.6. The predicted octanol–water partition coefficient (Wildman–Crippen LogP) is 8.24. The highest BCUT2D eigenvalue weighted by Crippen LogP contribution is 2.41. The number of alkyl halides is 1. The van der Waals surface area contributed by atoms with Gasteiger partial charge in [0.1, 0.15) is 24.1 Å². The van der Waals surface area contributed by atoms with Gasteiger partial charge in [-0.25, -0.2) is 32.5 Å². The van der Waals surface area contributed by atoms with E-state index >= 15 is 4.39 Å². The monoisotopic (exact) mass is 706 g/mol. The molecule has 4 heterocycles. The minimum Gasteiger partial charge on any atom is -0.367 e. The van der Waals surface area contributed by atoms with Crippen LogP contribution in [0, 0.1) is 17.5 Å². The van der Waals surface area contributed by atoms with Crippen molar-refractivity contribution in [3.05, 3.63) is 90.4 Å². The first-order valence-corrected chi connectivity index (χ1v) is 17.7. The average molecular weight is 707 g/mol. The van der Waals surface area contributed by atoms with Gasteiger partial charge in [0.2, 0.25) is 5.95 Å². The molecule has 0 aliphatic carbocycles. The van der Waals surface area contributed by atoms with Gasteiger partial charge in [-0.2, -0.15) is 0 Å².